The summed E-state index contributed by atoms with van der Waals surface area (Å²) in [6.45, 7) is 18.1. The molecule has 0 unspecified atom stereocenters. The summed E-state index contributed by atoms with van der Waals surface area (Å²) in [5, 5.41) is 22.2. The van der Waals surface area contributed by atoms with Crippen LogP contribution in [0.3, 0.4) is 0 Å². The van der Waals surface area contributed by atoms with Gasteiger partial charge in [-0.25, -0.2) is 0 Å². The summed E-state index contributed by atoms with van der Waals surface area (Å²) in [7, 11) is 0. The molecule has 4 N–H and O–H groups in total. The second-order valence-electron chi connectivity index (χ2n) is 26.5. The molecule has 14 rings (SSSR count). The van der Waals surface area contributed by atoms with Crippen molar-refractivity contribution in [3.05, 3.63) is 24.3 Å². The lowest BCUT2D eigenvalue weighted by atomic mass is 9.78. The second-order valence-corrected chi connectivity index (χ2v) is 26.5. The summed E-state index contributed by atoms with van der Waals surface area (Å²) in [4.78, 5) is 14.5. The summed E-state index contributed by atoms with van der Waals surface area (Å²) in [5.41, 5.74) is 8.08. The molecule has 0 aliphatic carbocycles. The molecule has 18 nitrogen and oxygen atoms in total. The molecule has 18 heteroatoms. The Kier molecular flexibility index (Phi) is 13.6. The van der Waals surface area contributed by atoms with Crippen LogP contribution in [0.1, 0.15) is 143 Å². The molecule has 14 aliphatic rings. The average Bonchev–Trinajstić information content (AvgIpc) is 4.24. The first kappa shape index (κ1) is 52.4. The molecule has 0 aromatic carbocycles. The van der Waals surface area contributed by atoms with Gasteiger partial charge in [-0.3, -0.25) is 4.79 Å². The topological polar surface area (TPSA) is 213 Å². The smallest absolute Gasteiger partial charge is 0.308 e. The lowest BCUT2D eigenvalue weighted by molar-refractivity contribution is -0.370. The molecule has 0 saturated carbocycles. The maximum atomic E-state index is 14.5. The molecule has 14 aliphatic heterocycles. The highest BCUT2D eigenvalue weighted by molar-refractivity contribution is 5.70. The van der Waals surface area contributed by atoms with Crippen LogP contribution in [0, 0.1) is 23.7 Å². The quantitative estimate of drug-likeness (QED) is 0.230. The van der Waals surface area contributed by atoms with E-state index in [0.717, 1.165) is 36.8 Å². The van der Waals surface area contributed by atoms with Crippen LogP contribution < -0.4 is 5.73 Å². The van der Waals surface area contributed by atoms with Crippen molar-refractivity contribution in [1.82, 2.24) is 0 Å². The van der Waals surface area contributed by atoms with Crippen LogP contribution in [-0.4, -0.2) is 180 Å². The molecule has 0 aromatic heterocycles. The number of hydrogen-bond donors (Lipinski definition) is 3. The maximum Gasteiger partial charge on any atom is 0.308 e. The summed E-state index contributed by atoms with van der Waals surface area (Å²) in [5.74, 6) is -2.79. The van der Waals surface area contributed by atoms with Crippen molar-refractivity contribution in [1.29, 1.82) is 0 Å². The molecular weight excluding hydrogens is 983 g/mol. The van der Waals surface area contributed by atoms with Gasteiger partial charge in [0.25, 0.3) is 0 Å². The summed E-state index contributed by atoms with van der Waals surface area (Å²) in [6, 6.07) is 0. The number of esters is 1. The monoisotopic (exact) mass is 1070 g/mol. The van der Waals surface area contributed by atoms with Gasteiger partial charge in [-0.05, 0) is 73.8 Å². The van der Waals surface area contributed by atoms with Crippen LogP contribution in [0.25, 0.3) is 0 Å². The van der Waals surface area contributed by atoms with Crippen molar-refractivity contribution in [2.24, 2.45) is 29.4 Å². The first-order valence-corrected chi connectivity index (χ1v) is 29.8. The predicted molar refractivity (Wildman–Crippen MR) is 267 cm³/mol. The van der Waals surface area contributed by atoms with Gasteiger partial charge >= 0.3 is 5.97 Å². The van der Waals surface area contributed by atoms with E-state index in [-0.39, 0.29) is 134 Å². The highest BCUT2D eigenvalue weighted by Crippen LogP contribution is 2.56. The Labute approximate surface area is 447 Å². The molecule has 0 amide bonds. The third kappa shape index (κ3) is 9.26. The Morgan fingerprint density at radius 1 is 0.500 bits per heavy atom. The minimum absolute atomic E-state index is 0.0271. The fraction of sp³-hybridized carbons (Fsp3) is 0.914. The van der Waals surface area contributed by atoms with E-state index >= 15 is 0 Å². The molecule has 14 saturated heterocycles. The number of aliphatic hydroxyl groups excluding tert-OH is 2. The molecule has 424 valence electrons. The van der Waals surface area contributed by atoms with Crippen LogP contribution >= 0.6 is 0 Å². The van der Waals surface area contributed by atoms with Gasteiger partial charge < -0.3 is 82.3 Å². The normalized spacial score (nSPS) is 57.9. The Bertz CT molecular complexity index is 2220. The number of carbonyl (C=O) groups excluding carboxylic acids is 1. The van der Waals surface area contributed by atoms with Crippen molar-refractivity contribution in [2.45, 2.75) is 301 Å². The fourth-order valence-corrected chi connectivity index (χ4v) is 17.4. The first-order chi connectivity index (χ1) is 36.5. The minimum atomic E-state index is -0.989. The van der Waals surface area contributed by atoms with Crippen molar-refractivity contribution in [3.8, 4) is 0 Å². The van der Waals surface area contributed by atoms with E-state index in [2.05, 4.69) is 40.9 Å². The number of hydrogen-bond acceptors (Lipinski definition) is 18. The third-order valence-electron chi connectivity index (χ3n) is 21.1. The highest BCUT2D eigenvalue weighted by Gasteiger charge is 2.66. The van der Waals surface area contributed by atoms with Crippen LogP contribution in [0.2, 0.25) is 0 Å². The Morgan fingerprint density at radius 3 is 2.00 bits per heavy atom. The van der Waals surface area contributed by atoms with Crippen molar-refractivity contribution >= 4 is 5.97 Å². The van der Waals surface area contributed by atoms with E-state index in [1.54, 1.807) is 0 Å². The summed E-state index contributed by atoms with van der Waals surface area (Å²) < 4.78 is 96.1. The zero-order valence-corrected chi connectivity index (χ0v) is 45.0. The Morgan fingerprint density at radius 2 is 1.16 bits per heavy atom. The lowest BCUT2D eigenvalue weighted by Gasteiger charge is -2.54. The third-order valence-corrected chi connectivity index (χ3v) is 21.1. The van der Waals surface area contributed by atoms with E-state index in [1.165, 1.54) is 0 Å². The number of ether oxygens (including phenoxy) is 14. The fourth-order valence-electron chi connectivity index (χ4n) is 17.4. The van der Waals surface area contributed by atoms with Gasteiger partial charge in [0.05, 0.1) is 129 Å². The Hall–Kier alpha value is -1.69. The van der Waals surface area contributed by atoms with E-state index in [4.69, 9.17) is 72.0 Å². The van der Waals surface area contributed by atoms with E-state index in [1.807, 2.05) is 0 Å². The largest absolute Gasteiger partial charge is 0.459 e. The van der Waals surface area contributed by atoms with Crippen molar-refractivity contribution in [3.63, 3.8) is 0 Å². The maximum absolute atomic E-state index is 14.5. The standard InChI is InChI=1S/C58H85NO17/c1-26-13-32-7-9-37-27(2)14-34(63-37)11-12-56-22-36(61)54(76-56)43-19-45(72-56)55-38(66-43)10-8-33(65-55)15-49(62)70-53-31(6)52-42(67-41(53)17-39(64-32)30(26)5)18-40-46(68-52)23-58(71-40)24-47-51(75-58)29(4)21-57(74-47)20-28(3)50-44(73-57)16-35(60)48(25-59)69-50/h26,28-29,31-48,50-55,60-61H,2,5,7-25,59H2,1,3-4,6H3/t26-,28+,29+,31+,32+,33-,34+,35-,36-,37+,38+,39-,40-,41+,42+,43-,44+,45-,46-,47+,48-,50+,51+,52+,53-,54+,55+,56-,57-,58+/m1/s1. The first-order valence-electron chi connectivity index (χ1n) is 29.8. The minimum Gasteiger partial charge on any atom is -0.459 e. The average molecular weight is 1070 g/mol. The van der Waals surface area contributed by atoms with E-state index in [9.17, 15) is 15.0 Å². The van der Waals surface area contributed by atoms with Crippen molar-refractivity contribution in [2.75, 3.05) is 6.54 Å². The molecule has 10 bridgehead atoms. The van der Waals surface area contributed by atoms with E-state index in [0.29, 0.717) is 83.5 Å². The molecule has 76 heavy (non-hydrogen) atoms. The Balaban J connectivity index is 0.695. The number of carbonyl (C=O) groups is 1. The lowest BCUT2D eigenvalue weighted by Crippen LogP contribution is -2.63. The molecule has 14 heterocycles. The number of fused-ring (bicyclic) bond motifs is 13. The number of nitrogens with two attached hydrogens (primary N) is 1. The predicted octanol–water partition coefficient (Wildman–Crippen LogP) is 5.12. The SMILES string of the molecule is C=C1C[C@@H]2CC[C@]34C[C@@H](O)[C@H](O3)[C@H]3C[C@@H](O4)[C@H]4O[C@H](CC[C@@H]4O3)CC(=O)O[C@@H]3[C@@H](C)[C@@H]4O[C@@H]5C[C@]6(C[C@@H]7O[C@]8(C[C@H](C)[C@@H]9O[C@H](CN)[C@H](O)C[C@@H]9O8)C[C@H](C)[C@@H]7O6)O[C@@H]5C[C@@H]4O[C@H]3C[C@H]3O[C@@H](CC[C@@H]1O2)C[C@@H](C)C3=C. The van der Waals surface area contributed by atoms with Crippen LogP contribution in [0.4, 0.5) is 0 Å². The van der Waals surface area contributed by atoms with Gasteiger partial charge in [0.15, 0.2) is 17.4 Å². The van der Waals surface area contributed by atoms with Gasteiger partial charge in [0.2, 0.25) is 0 Å². The van der Waals surface area contributed by atoms with Crippen molar-refractivity contribution < 1.29 is 81.3 Å². The summed E-state index contributed by atoms with van der Waals surface area (Å²) >= 11 is 0. The number of aliphatic hydroxyl groups is 2. The van der Waals surface area contributed by atoms with Gasteiger partial charge in [-0.2, -0.15) is 0 Å². The molecule has 14 fully saturated rings. The van der Waals surface area contributed by atoms with E-state index < -0.39 is 66.2 Å². The molecule has 30 atom stereocenters. The van der Waals surface area contributed by atoms with Gasteiger partial charge in [-0.1, -0.05) is 40.9 Å². The zero-order chi connectivity index (χ0) is 52.2. The zero-order valence-electron chi connectivity index (χ0n) is 45.0. The van der Waals surface area contributed by atoms with Gasteiger partial charge in [0.1, 0.15) is 18.3 Å². The molecule has 0 radical (unpaired) electrons. The van der Waals surface area contributed by atoms with Crippen LogP contribution in [0.5, 0.6) is 0 Å². The summed E-state index contributed by atoms with van der Waals surface area (Å²) in [6.07, 6.45) is 3.06. The van der Waals surface area contributed by atoms with Crippen LogP contribution in [-0.2, 0) is 71.1 Å². The highest BCUT2D eigenvalue weighted by atomic mass is 16.8. The van der Waals surface area contributed by atoms with Gasteiger partial charge in [0, 0.05) is 76.7 Å². The van der Waals surface area contributed by atoms with Crippen LogP contribution in [0.15, 0.2) is 24.3 Å². The second kappa shape index (κ2) is 19.8. The molecule has 3 spiro atoms. The molecule has 0 aromatic rings. The van der Waals surface area contributed by atoms with Gasteiger partial charge in [-0.15, -0.1) is 0 Å². The molecular formula is C58H85NO17. The number of rotatable bonds is 1.